The summed E-state index contributed by atoms with van der Waals surface area (Å²) in [7, 11) is 0. The van der Waals surface area contributed by atoms with Crippen molar-refractivity contribution in [3.8, 4) is 0 Å². The number of allylic oxidation sites excluding steroid dienone is 22. The van der Waals surface area contributed by atoms with Crippen molar-refractivity contribution in [3.63, 3.8) is 0 Å². The number of hydrogen-bond acceptors (Lipinski definition) is 6. The summed E-state index contributed by atoms with van der Waals surface area (Å²) in [5.74, 6) is -1.01. The summed E-state index contributed by atoms with van der Waals surface area (Å²) in [6, 6.07) is 0. The van der Waals surface area contributed by atoms with Gasteiger partial charge in [-0.1, -0.05) is 264 Å². The molecule has 430 valence electrons. The minimum Gasteiger partial charge on any atom is -0.462 e. The van der Waals surface area contributed by atoms with Gasteiger partial charge in [0.05, 0.1) is 0 Å². The van der Waals surface area contributed by atoms with Gasteiger partial charge in [-0.3, -0.25) is 14.4 Å². The number of rotatable bonds is 55. The molecule has 0 aromatic carbocycles. The maximum atomic E-state index is 12.9. The van der Waals surface area contributed by atoms with Gasteiger partial charge in [-0.05, 0) is 122 Å². The minimum atomic E-state index is -0.828. The molecule has 0 aromatic rings. The molecule has 0 radical (unpaired) electrons. The van der Waals surface area contributed by atoms with Gasteiger partial charge in [0.2, 0.25) is 0 Å². The topological polar surface area (TPSA) is 78.9 Å². The molecule has 0 N–H and O–H groups in total. The molecule has 6 heteroatoms. The summed E-state index contributed by atoms with van der Waals surface area (Å²) in [5.41, 5.74) is 0. The van der Waals surface area contributed by atoms with Crippen molar-refractivity contribution >= 4 is 17.9 Å². The monoisotopic (exact) mass is 1050 g/mol. The van der Waals surface area contributed by atoms with Gasteiger partial charge in [0.15, 0.2) is 6.10 Å². The molecule has 0 heterocycles. The lowest BCUT2D eigenvalue weighted by molar-refractivity contribution is -0.166. The third-order valence-electron chi connectivity index (χ3n) is 12.9. The lowest BCUT2D eigenvalue weighted by atomic mass is 10.0. The SMILES string of the molecule is CC/C=C\C/C=C\C/C=C\C/C=C\C/C=C\C/C=C\CCC(=O)OC(COC(=O)CCCCCCC/C=C\CCCCCCC)COC(=O)CCCCCCCCCCCCCC/C=C\C/C=C\C/C=C\C/C=C\CC. The number of carbonyl (C=O) groups excluding carboxylic acids is 3. The second-order valence-electron chi connectivity index (χ2n) is 20.2. The van der Waals surface area contributed by atoms with Crippen molar-refractivity contribution in [3.05, 3.63) is 134 Å². The minimum absolute atomic E-state index is 0.115. The van der Waals surface area contributed by atoms with E-state index in [4.69, 9.17) is 14.2 Å². The van der Waals surface area contributed by atoms with E-state index in [0.29, 0.717) is 19.3 Å². The molecule has 0 spiro atoms. The highest BCUT2D eigenvalue weighted by Gasteiger charge is 2.19. The van der Waals surface area contributed by atoms with Crippen molar-refractivity contribution in [1.82, 2.24) is 0 Å². The molecular formula is C70H114O6. The zero-order valence-corrected chi connectivity index (χ0v) is 49.2. The Bertz CT molecular complexity index is 1630. The quantitative estimate of drug-likeness (QED) is 0.0261. The van der Waals surface area contributed by atoms with Crippen LogP contribution in [0.3, 0.4) is 0 Å². The van der Waals surface area contributed by atoms with Crippen LogP contribution in [0.1, 0.15) is 271 Å². The van der Waals surface area contributed by atoms with Crippen molar-refractivity contribution < 1.29 is 28.6 Å². The molecule has 0 saturated carbocycles. The van der Waals surface area contributed by atoms with Crippen LogP contribution in [0.5, 0.6) is 0 Å². The first kappa shape index (κ1) is 71.5. The Balaban J connectivity index is 4.44. The molecule has 0 rings (SSSR count). The van der Waals surface area contributed by atoms with Crippen molar-refractivity contribution in [1.29, 1.82) is 0 Å². The van der Waals surface area contributed by atoms with Gasteiger partial charge in [-0.25, -0.2) is 0 Å². The maximum absolute atomic E-state index is 12.9. The summed E-state index contributed by atoms with van der Waals surface area (Å²) in [6.45, 7) is 6.34. The Morgan fingerprint density at radius 2 is 0.539 bits per heavy atom. The largest absolute Gasteiger partial charge is 0.462 e. The van der Waals surface area contributed by atoms with Crippen LogP contribution < -0.4 is 0 Å². The van der Waals surface area contributed by atoms with E-state index in [-0.39, 0.29) is 31.6 Å². The van der Waals surface area contributed by atoms with E-state index in [1.807, 2.05) is 6.08 Å². The first-order valence-electron chi connectivity index (χ1n) is 31.2. The second-order valence-corrected chi connectivity index (χ2v) is 20.2. The smallest absolute Gasteiger partial charge is 0.306 e. The van der Waals surface area contributed by atoms with E-state index in [1.165, 1.54) is 109 Å². The Morgan fingerprint density at radius 1 is 0.276 bits per heavy atom. The summed E-state index contributed by atoms with van der Waals surface area (Å²) in [6.07, 6.45) is 88.9. The van der Waals surface area contributed by atoms with Gasteiger partial charge in [0.25, 0.3) is 0 Å². The lowest BCUT2D eigenvalue weighted by Gasteiger charge is -2.18. The van der Waals surface area contributed by atoms with Crippen molar-refractivity contribution in [2.24, 2.45) is 0 Å². The van der Waals surface area contributed by atoms with Crippen LogP contribution in [0.4, 0.5) is 0 Å². The molecular weight excluding hydrogens is 937 g/mol. The Labute approximate surface area is 468 Å². The number of esters is 3. The molecule has 0 aromatic heterocycles. The fourth-order valence-electron chi connectivity index (χ4n) is 8.28. The summed E-state index contributed by atoms with van der Waals surface area (Å²) >= 11 is 0. The zero-order valence-electron chi connectivity index (χ0n) is 49.2. The maximum Gasteiger partial charge on any atom is 0.306 e. The fraction of sp³-hybridized carbons (Fsp3) is 0.643. The molecule has 0 saturated heterocycles. The van der Waals surface area contributed by atoms with E-state index in [9.17, 15) is 14.4 Å². The highest BCUT2D eigenvalue weighted by molar-refractivity contribution is 5.71. The molecule has 1 unspecified atom stereocenters. The molecule has 0 amide bonds. The number of carbonyl (C=O) groups is 3. The summed E-state index contributed by atoms with van der Waals surface area (Å²) in [5, 5.41) is 0. The van der Waals surface area contributed by atoms with E-state index >= 15 is 0 Å². The Morgan fingerprint density at radius 3 is 0.868 bits per heavy atom. The van der Waals surface area contributed by atoms with Gasteiger partial charge < -0.3 is 14.2 Å². The van der Waals surface area contributed by atoms with Gasteiger partial charge in [-0.15, -0.1) is 0 Å². The summed E-state index contributed by atoms with van der Waals surface area (Å²) in [4.78, 5) is 38.2. The van der Waals surface area contributed by atoms with Crippen molar-refractivity contribution in [2.45, 2.75) is 277 Å². The van der Waals surface area contributed by atoms with Crippen LogP contribution in [-0.4, -0.2) is 37.2 Å². The van der Waals surface area contributed by atoms with Crippen LogP contribution >= 0.6 is 0 Å². The lowest BCUT2D eigenvalue weighted by Crippen LogP contribution is -2.30. The molecule has 0 aliphatic rings. The highest BCUT2D eigenvalue weighted by atomic mass is 16.6. The Hall–Kier alpha value is -4.45. The van der Waals surface area contributed by atoms with Crippen LogP contribution in [-0.2, 0) is 28.6 Å². The van der Waals surface area contributed by atoms with E-state index in [1.54, 1.807) is 0 Å². The van der Waals surface area contributed by atoms with Crippen LogP contribution in [0, 0.1) is 0 Å². The van der Waals surface area contributed by atoms with Crippen LogP contribution in [0.2, 0.25) is 0 Å². The molecule has 0 aliphatic carbocycles. The first-order valence-corrected chi connectivity index (χ1v) is 31.2. The van der Waals surface area contributed by atoms with E-state index < -0.39 is 12.1 Å². The van der Waals surface area contributed by atoms with Gasteiger partial charge in [0.1, 0.15) is 13.2 Å². The van der Waals surface area contributed by atoms with Crippen LogP contribution in [0.25, 0.3) is 0 Å². The molecule has 6 nitrogen and oxygen atoms in total. The molecule has 0 bridgehead atoms. The summed E-state index contributed by atoms with van der Waals surface area (Å²) < 4.78 is 16.8. The third kappa shape index (κ3) is 60.4. The van der Waals surface area contributed by atoms with E-state index in [2.05, 4.69) is 148 Å². The second kappa shape index (κ2) is 63.1. The predicted molar refractivity (Wildman–Crippen MR) is 329 cm³/mol. The fourth-order valence-corrected chi connectivity index (χ4v) is 8.28. The van der Waals surface area contributed by atoms with Crippen molar-refractivity contribution in [2.75, 3.05) is 13.2 Å². The third-order valence-corrected chi connectivity index (χ3v) is 12.9. The number of unbranched alkanes of at least 4 members (excludes halogenated alkanes) is 22. The standard InChI is InChI=1S/C70H114O6/c1-4-7-10-13-16-19-22-25-28-30-32-33-34-35-36-37-39-40-42-45-48-51-54-57-60-63-69(72)75-66-67(65-74-68(71)62-59-56-53-50-47-44-27-24-21-18-15-12-9-6-3)76-70(73)64-61-58-55-52-49-46-43-41-38-31-29-26-23-20-17-14-11-8-5-2/h7-8,10-11,16-17,19-20,24-29,32-33,38,41,46,49,55,58,67H,4-6,9,12-15,18,21-23,30-31,34-37,39-40,42-45,47-48,50-54,56-57,59-66H2,1-3H3/b10-7-,11-8-,19-16-,20-17-,27-24-,28-25-,29-26-,33-32-,41-38-,49-46-,58-55-. The number of ether oxygens (including phenoxy) is 3. The van der Waals surface area contributed by atoms with Gasteiger partial charge >= 0.3 is 17.9 Å². The van der Waals surface area contributed by atoms with Gasteiger partial charge in [0, 0.05) is 19.3 Å². The van der Waals surface area contributed by atoms with Gasteiger partial charge in [-0.2, -0.15) is 0 Å². The Kier molecular flexibility index (Phi) is 59.4. The highest BCUT2D eigenvalue weighted by Crippen LogP contribution is 2.15. The normalized spacial score (nSPS) is 13.0. The zero-order chi connectivity index (χ0) is 55.0. The molecule has 76 heavy (non-hydrogen) atoms. The first-order chi connectivity index (χ1) is 37.5. The van der Waals surface area contributed by atoms with Crippen LogP contribution in [0.15, 0.2) is 134 Å². The molecule has 1 atom stereocenters. The average Bonchev–Trinajstić information content (AvgIpc) is 3.42. The number of hydrogen-bond donors (Lipinski definition) is 0. The van der Waals surface area contributed by atoms with E-state index in [0.717, 1.165) is 116 Å². The average molecular weight is 1050 g/mol. The predicted octanol–water partition coefficient (Wildman–Crippen LogP) is 21.4. The molecule has 0 fully saturated rings. The molecule has 0 aliphatic heterocycles.